The number of benzene rings is 1. The van der Waals surface area contributed by atoms with Crippen LogP contribution < -0.4 is 5.32 Å². The predicted octanol–water partition coefficient (Wildman–Crippen LogP) is 2.46. The lowest BCUT2D eigenvalue weighted by Crippen LogP contribution is -2.29. The highest BCUT2D eigenvalue weighted by Crippen LogP contribution is 2.22. The number of nitrogens with zero attached hydrogens (tertiary/aromatic N) is 2. The molecule has 21 heavy (non-hydrogen) atoms. The van der Waals surface area contributed by atoms with Crippen molar-refractivity contribution >= 4 is 23.2 Å². The zero-order chi connectivity index (χ0) is 15.2. The Hall–Kier alpha value is -1.66. The third kappa shape index (κ3) is 4.41. The van der Waals surface area contributed by atoms with E-state index in [0.717, 1.165) is 26.1 Å². The molecule has 2 rings (SSSR count). The fourth-order valence-corrected chi connectivity index (χ4v) is 2.63. The van der Waals surface area contributed by atoms with Crippen LogP contribution in [0.3, 0.4) is 0 Å². The molecule has 1 heterocycles. The summed E-state index contributed by atoms with van der Waals surface area (Å²) in [6.07, 6.45) is 3.31. The van der Waals surface area contributed by atoms with Crippen molar-refractivity contribution in [3.8, 4) is 0 Å². The Balaban J connectivity index is 1.87. The maximum absolute atomic E-state index is 12.0. The molecule has 1 saturated heterocycles. The molecule has 0 aliphatic carbocycles. The van der Waals surface area contributed by atoms with E-state index in [4.69, 9.17) is 11.6 Å². The normalized spacial score (nSPS) is 15.1. The molecule has 0 aromatic heterocycles. The number of hydrogen-bond acceptors (Lipinski definition) is 4. The van der Waals surface area contributed by atoms with Crippen molar-refractivity contribution in [2.75, 3.05) is 26.2 Å². The van der Waals surface area contributed by atoms with Crippen molar-refractivity contribution in [3.05, 3.63) is 38.9 Å². The highest BCUT2D eigenvalue weighted by molar-refractivity contribution is 6.31. The van der Waals surface area contributed by atoms with Crippen LogP contribution in [0, 0.1) is 10.1 Å². The van der Waals surface area contributed by atoms with Crippen molar-refractivity contribution < 1.29 is 9.72 Å². The third-order valence-corrected chi connectivity index (χ3v) is 3.77. The SMILES string of the molecule is O=C(NCCCN1CCCC1)c1cc(Cl)ccc1[N+](=O)[O-]. The van der Waals surface area contributed by atoms with Gasteiger partial charge in [-0.05, 0) is 51.0 Å². The maximum Gasteiger partial charge on any atom is 0.282 e. The molecule has 6 nitrogen and oxygen atoms in total. The summed E-state index contributed by atoms with van der Waals surface area (Å²) in [7, 11) is 0. The predicted molar refractivity (Wildman–Crippen MR) is 80.7 cm³/mol. The molecule has 1 aromatic rings. The molecule has 1 amide bonds. The third-order valence-electron chi connectivity index (χ3n) is 3.54. The summed E-state index contributed by atoms with van der Waals surface area (Å²) < 4.78 is 0. The number of likely N-dealkylation sites (tertiary alicyclic amines) is 1. The molecule has 1 aliphatic heterocycles. The molecule has 1 fully saturated rings. The van der Waals surface area contributed by atoms with Crippen LogP contribution in [0.25, 0.3) is 0 Å². The lowest BCUT2D eigenvalue weighted by Gasteiger charge is -2.14. The number of carbonyl (C=O) groups excluding carboxylic acids is 1. The Morgan fingerprint density at radius 3 is 2.76 bits per heavy atom. The van der Waals surface area contributed by atoms with Crippen LogP contribution in [0.5, 0.6) is 0 Å². The zero-order valence-electron chi connectivity index (χ0n) is 11.7. The second kappa shape index (κ2) is 7.38. The van der Waals surface area contributed by atoms with Crippen LogP contribution in [0.2, 0.25) is 5.02 Å². The monoisotopic (exact) mass is 311 g/mol. The molecule has 114 valence electrons. The lowest BCUT2D eigenvalue weighted by atomic mass is 10.1. The summed E-state index contributed by atoms with van der Waals surface area (Å²) in [5, 5.41) is 13.9. The Kier molecular flexibility index (Phi) is 5.52. The summed E-state index contributed by atoms with van der Waals surface area (Å²) in [6, 6.07) is 3.99. The van der Waals surface area contributed by atoms with Gasteiger partial charge in [0.2, 0.25) is 0 Å². The smallest absolute Gasteiger partial charge is 0.282 e. The Morgan fingerprint density at radius 2 is 2.10 bits per heavy atom. The van der Waals surface area contributed by atoms with Gasteiger partial charge in [-0.3, -0.25) is 14.9 Å². The minimum Gasteiger partial charge on any atom is -0.352 e. The first-order valence-electron chi connectivity index (χ1n) is 7.02. The Bertz CT molecular complexity index is 530. The first-order chi connectivity index (χ1) is 10.1. The molecule has 0 spiro atoms. The highest BCUT2D eigenvalue weighted by atomic mass is 35.5. The average molecular weight is 312 g/mol. The second-order valence-electron chi connectivity index (χ2n) is 5.08. The van der Waals surface area contributed by atoms with Crippen molar-refractivity contribution in [1.82, 2.24) is 10.2 Å². The molecule has 0 unspecified atom stereocenters. The summed E-state index contributed by atoms with van der Waals surface area (Å²) in [4.78, 5) is 24.7. The first-order valence-corrected chi connectivity index (χ1v) is 7.40. The van der Waals surface area contributed by atoms with E-state index >= 15 is 0 Å². The van der Waals surface area contributed by atoms with E-state index in [0.29, 0.717) is 11.6 Å². The Morgan fingerprint density at radius 1 is 1.38 bits per heavy atom. The molecule has 1 aromatic carbocycles. The number of rotatable bonds is 6. The van der Waals surface area contributed by atoms with Crippen molar-refractivity contribution in [1.29, 1.82) is 0 Å². The molecule has 0 bridgehead atoms. The molecule has 1 N–H and O–H groups in total. The van der Waals surface area contributed by atoms with Gasteiger partial charge in [0.1, 0.15) is 5.56 Å². The van der Waals surface area contributed by atoms with Gasteiger partial charge in [0.15, 0.2) is 0 Å². The fraction of sp³-hybridized carbons (Fsp3) is 0.500. The van der Waals surface area contributed by atoms with E-state index in [1.807, 2.05) is 0 Å². The second-order valence-corrected chi connectivity index (χ2v) is 5.51. The van der Waals surface area contributed by atoms with Crippen LogP contribution >= 0.6 is 11.6 Å². The minimum absolute atomic E-state index is 0.00803. The van der Waals surface area contributed by atoms with Crippen molar-refractivity contribution in [2.45, 2.75) is 19.3 Å². The van der Waals surface area contributed by atoms with Crippen molar-refractivity contribution in [3.63, 3.8) is 0 Å². The van der Waals surface area contributed by atoms with Gasteiger partial charge in [0.25, 0.3) is 11.6 Å². The molecular formula is C14H18ClN3O3. The van der Waals surface area contributed by atoms with Crippen LogP contribution in [0.4, 0.5) is 5.69 Å². The van der Waals surface area contributed by atoms with Crippen molar-refractivity contribution in [2.24, 2.45) is 0 Å². The number of halogens is 1. The molecule has 0 saturated carbocycles. The fourth-order valence-electron chi connectivity index (χ4n) is 2.46. The van der Waals surface area contributed by atoms with Crippen LogP contribution in [0.15, 0.2) is 18.2 Å². The van der Waals surface area contributed by atoms with Crippen LogP contribution in [-0.2, 0) is 0 Å². The van der Waals surface area contributed by atoms with Gasteiger partial charge >= 0.3 is 0 Å². The molecule has 0 radical (unpaired) electrons. The van der Waals surface area contributed by atoms with E-state index in [2.05, 4.69) is 10.2 Å². The summed E-state index contributed by atoms with van der Waals surface area (Å²) in [6.45, 7) is 3.68. The van der Waals surface area contributed by atoms with E-state index in [9.17, 15) is 14.9 Å². The average Bonchev–Trinajstić information content (AvgIpc) is 2.96. The van der Waals surface area contributed by atoms with Gasteiger partial charge in [0, 0.05) is 17.6 Å². The quantitative estimate of drug-likeness (QED) is 0.497. The Labute approximate surface area is 128 Å². The summed E-state index contributed by atoms with van der Waals surface area (Å²) >= 11 is 5.80. The number of amides is 1. The summed E-state index contributed by atoms with van der Waals surface area (Å²) in [5.41, 5.74) is -0.217. The van der Waals surface area contributed by atoms with Gasteiger partial charge < -0.3 is 10.2 Å². The largest absolute Gasteiger partial charge is 0.352 e. The van der Waals surface area contributed by atoms with Crippen LogP contribution in [0.1, 0.15) is 29.6 Å². The topological polar surface area (TPSA) is 75.5 Å². The standard InChI is InChI=1S/C14H18ClN3O3/c15-11-4-5-13(18(20)21)12(10-11)14(19)16-6-3-9-17-7-1-2-8-17/h4-5,10H,1-3,6-9H2,(H,16,19). The van der Waals surface area contributed by atoms with Gasteiger partial charge in [0.05, 0.1) is 4.92 Å². The molecular weight excluding hydrogens is 294 g/mol. The molecule has 7 heteroatoms. The molecule has 1 aliphatic rings. The number of carbonyl (C=O) groups is 1. The first kappa shape index (κ1) is 15.7. The summed E-state index contributed by atoms with van der Waals surface area (Å²) in [5.74, 6) is -0.453. The van der Waals surface area contributed by atoms with E-state index < -0.39 is 10.8 Å². The minimum atomic E-state index is -0.574. The maximum atomic E-state index is 12.0. The number of nitrogens with one attached hydrogen (secondary N) is 1. The highest BCUT2D eigenvalue weighted by Gasteiger charge is 2.20. The van der Waals surface area contributed by atoms with Crippen LogP contribution in [-0.4, -0.2) is 41.9 Å². The number of nitro benzene ring substituents is 1. The molecule has 0 atom stereocenters. The van der Waals surface area contributed by atoms with Gasteiger partial charge in [-0.25, -0.2) is 0 Å². The van der Waals surface area contributed by atoms with Gasteiger partial charge in [-0.1, -0.05) is 11.6 Å². The zero-order valence-corrected chi connectivity index (χ0v) is 12.4. The van der Waals surface area contributed by atoms with Gasteiger partial charge in [-0.2, -0.15) is 0 Å². The lowest BCUT2D eigenvalue weighted by molar-refractivity contribution is -0.385. The number of hydrogen-bond donors (Lipinski definition) is 1. The van der Waals surface area contributed by atoms with E-state index in [1.54, 1.807) is 0 Å². The van der Waals surface area contributed by atoms with E-state index in [-0.39, 0.29) is 11.3 Å². The van der Waals surface area contributed by atoms with E-state index in [1.165, 1.54) is 31.0 Å². The van der Waals surface area contributed by atoms with Gasteiger partial charge in [-0.15, -0.1) is 0 Å². The number of nitro groups is 1.